The van der Waals surface area contributed by atoms with Gasteiger partial charge in [-0.15, -0.1) is 20.4 Å². The zero-order chi connectivity index (χ0) is 19.9. The third-order valence-corrected chi connectivity index (χ3v) is 5.42. The van der Waals surface area contributed by atoms with Crippen molar-refractivity contribution in [3.63, 3.8) is 0 Å². The molecule has 3 aromatic rings. The number of hydrogen-bond acceptors (Lipinski definition) is 7. The van der Waals surface area contributed by atoms with Gasteiger partial charge in [0, 0.05) is 17.5 Å². The quantitative estimate of drug-likeness (QED) is 0.678. The van der Waals surface area contributed by atoms with Crippen molar-refractivity contribution < 1.29 is 13.6 Å². The number of benzene rings is 1. The van der Waals surface area contributed by atoms with Gasteiger partial charge in [0.15, 0.2) is 5.82 Å². The largest absolute Gasteiger partial charge is 0.323 e. The highest BCUT2D eigenvalue weighted by Gasteiger charge is 2.43. The molecule has 146 valence electrons. The van der Waals surface area contributed by atoms with Gasteiger partial charge in [0.25, 0.3) is 5.92 Å². The molecule has 1 fully saturated rings. The molecular weight excluding hydrogens is 388 g/mol. The fraction of sp³-hybridized carbons (Fsp3) is 0.353. The highest BCUT2D eigenvalue weighted by atomic mass is 32.1. The lowest BCUT2D eigenvalue weighted by atomic mass is 10.0. The predicted molar refractivity (Wildman–Crippen MR) is 101 cm³/mol. The molecule has 0 radical (unpaired) electrons. The number of halogens is 2. The number of carbonyl (C=O) groups excluding carboxylic acids is 1. The molecule has 1 aromatic carbocycles. The molecule has 4 rings (SSSR count). The Bertz CT molecular complexity index is 1040. The Morgan fingerprint density at radius 3 is 2.82 bits per heavy atom. The number of urea groups is 1. The van der Waals surface area contributed by atoms with E-state index in [1.54, 1.807) is 12.1 Å². The minimum atomic E-state index is -3.11. The third kappa shape index (κ3) is 3.62. The van der Waals surface area contributed by atoms with Gasteiger partial charge in [-0.1, -0.05) is 11.3 Å². The van der Waals surface area contributed by atoms with Crippen LogP contribution in [-0.4, -0.2) is 56.4 Å². The smallest absolute Gasteiger partial charge is 0.323 e. The van der Waals surface area contributed by atoms with E-state index in [0.29, 0.717) is 5.52 Å². The van der Waals surface area contributed by atoms with Crippen LogP contribution in [0.3, 0.4) is 0 Å². The fourth-order valence-electron chi connectivity index (χ4n) is 2.97. The summed E-state index contributed by atoms with van der Waals surface area (Å²) in [5.41, 5.74) is 6.92. The number of fused-ring (bicyclic) bond motifs is 1. The molecule has 8 nitrogen and oxygen atoms in total. The minimum absolute atomic E-state index is 0.0362. The highest BCUT2D eigenvalue weighted by molar-refractivity contribution is 7.14. The molecule has 3 heterocycles. The van der Waals surface area contributed by atoms with Crippen molar-refractivity contribution in [3.8, 4) is 10.6 Å². The number of nitrogens with zero attached hydrogens (tertiary/aromatic N) is 5. The molecule has 0 aliphatic carbocycles. The third-order valence-electron chi connectivity index (χ3n) is 4.53. The number of piperidine rings is 1. The van der Waals surface area contributed by atoms with Gasteiger partial charge in [-0.3, -0.25) is 5.32 Å². The molecular formula is C17H17F2N7OS. The maximum atomic E-state index is 13.8. The van der Waals surface area contributed by atoms with Crippen molar-refractivity contribution in [2.75, 3.05) is 18.4 Å². The molecule has 1 saturated heterocycles. The zero-order valence-electron chi connectivity index (χ0n) is 14.9. The lowest BCUT2D eigenvalue weighted by Gasteiger charge is -2.36. The fourth-order valence-corrected chi connectivity index (χ4v) is 3.66. The summed E-state index contributed by atoms with van der Waals surface area (Å²) in [5, 5.41) is 21.1. The summed E-state index contributed by atoms with van der Waals surface area (Å²) in [7, 11) is 0. The van der Waals surface area contributed by atoms with E-state index in [0.717, 1.165) is 25.9 Å². The van der Waals surface area contributed by atoms with E-state index in [2.05, 4.69) is 25.7 Å². The normalized spacial score (nSPS) is 19.0. The van der Waals surface area contributed by atoms with Crippen LogP contribution >= 0.6 is 11.3 Å². The SMILES string of the molecule is Cc1nnc(-c2ccc3nnc(NC(=O)N4CCC(N)C(F)(F)C4)cc3c2)s1. The van der Waals surface area contributed by atoms with Crippen LogP contribution in [-0.2, 0) is 0 Å². The van der Waals surface area contributed by atoms with Gasteiger partial charge >= 0.3 is 6.03 Å². The lowest BCUT2D eigenvalue weighted by Crippen LogP contribution is -2.57. The summed E-state index contributed by atoms with van der Waals surface area (Å²) in [6, 6.07) is 5.29. The predicted octanol–water partition coefficient (Wildman–Crippen LogP) is 2.66. The average molecular weight is 405 g/mol. The van der Waals surface area contributed by atoms with E-state index in [1.165, 1.54) is 11.3 Å². The van der Waals surface area contributed by atoms with Gasteiger partial charge in [-0.05, 0) is 37.6 Å². The Balaban J connectivity index is 1.55. The Labute approximate surface area is 162 Å². The first-order valence-electron chi connectivity index (χ1n) is 8.59. The molecule has 0 saturated carbocycles. The second-order valence-electron chi connectivity index (χ2n) is 6.64. The summed E-state index contributed by atoms with van der Waals surface area (Å²) in [6.07, 6.45) is 0.0362. The van der Waals surface area contributed by atoms with Crippen molar-refractivity contribution in [3.05, 3.63) is 29.3 Å². The highest BCUT2D eigenvalue weighted by Crippen LogP contribution is 2.28. The maximum absolute atomic E-state index is 13.8. The number of aromatic nitrogens is 4. The summed E-state index contributed by atoms with van der Waals surface area (Å²) in [6.45, 7) is 1.31. The van der Waals surface area contributed by atoms with E-state index >= 15 is 0 Å². The van der Waals surface area contributed by atoms with Gasteiger partial charge in [0.05, 0.1) is 18.1 Å². The summed E-state index contributed by atoms with van der Waals surface area (Å²) in [5.74, 6) is -2.93. The molecule has 1 aliphatic heterocycles. The van der Waals surface area contributed by atoms with Gasteiger partial charge in [-0.25, -0.2) is 13.6 Å². The van der Waals surface area contributed by atoms with Gasteiger partial charge in [0.1, 0.15) is 10.0 Å². The molecule has 1 unspecified atom stereocenters. The van der Waals surface area contributed by atoms with Gasteiger partial charge < -0.3 is 10.6 Å². The molecule has 0 spiro atoms. The molecule has 2 amide bonds. The van der Waals surface area contributed by atoms with Crippen molar-refractivity contribution in [2.24, 2.45) is 5.73 Å². The zero-order valence-corrected chi connectivity index (χ0v) is 15.7. The molecule has 1 atom stereocenters. The Morgan fingerprint density at radius 2 is 2.11 bits per heavy atom. The minimum Gasteiger partial charge on any atom is -0.323 e. The first-order chi connectivity index (χ1) is 13.3. The van der Waals surface area contributed by atoms with Gasteiger partial charge in [0.2, 0.25) is 0 Å². The van der Waals surface area contributed by atoms with Crippen LogP contribution < -0.4 is 11.1 Å². The maximum Gasteiger partial charge on any atom is 0.323 e. The Hall–Kier alpha value is -2.79. The van der Waals surface area contributed by atoms with E-state index in [1.807, 2.05) is 19.1 Å². The van der Waals surface area contributed by atoms with Crippen LogP contribution in [0.25, 0.3) is 21.5 Å². The number of carbonyl (C=O) groups is 1. The van der Waals surface area contributed by atoms with Crippen LogP contribution in [0.4, 0.5) is 19.4 Å². The summed E-state index contributed by atoms with van der Waals surface area (Å²) >= 11 is 1.47. The Morgan fingerprint density at radius 1 is 1.29 bits per heavy atom. The number of hydrogen-bond donors (Lipinski definition) is 2. The monoisotopic (exact) mass is 405 g/mol. The first-order valence-corrected chi connectivity index (χ1v) is 9.41. The molecule has 1 aliphatic rings. The van der Waals surface area contributed by atoms with Crippen LogP contribution in [0.15, 0.2) is 24.3 Å². The Kier molecular flexibility index (Phi) is 4.63. The first kappa shape index (κ1) is 18.6. The molecule has 2 aromatic heterocycles. The molecule has 11 heteroatoms. The number of aryl methyl sites for hydroxylation is 1. The second-order valence-corrected chi connectivity index (χ2v) is 7.82. The van der Waals surface area contributed by atoms with Crippen molar-refractivity contribution in [1.29, 1.82) is 0 Å². The number of alkyl halides is 2. The molecule has 28 heavy (non-hydrogen) atoms. The van der Waals surface area contributed by atoms with E-state index in [-0.39, 0.29) is 18.8 Å². The number of nitrogens with two attached hydrogens (primary N) is 1. The van der Waals surface area contributed by atoms with E-state index in [9.17, 15) is 13.6 Å². The topological polar surface area (TPSA) is 110 Å². The van der Waals surface area contributed by atoms with Crippen LogP contribution in [0.1, 0.15) is 11.4 Å². The number of amides is 2. The van der Waals surface area contributed by atoms with E-state index in [4.69, 9.17) is 5.73 Å². The number of anilines is 1. The van der Waals surface area contributed by atoms with Crippen LogP contribution in [0, 0.1) is 6.92 Å². The van der Waals surface area contributed by atoms with Crippen molar-refractivity contribution in [2.45, 2.75) is 25.3 Å². The summed E-state index contributed by atoms with van der Waals surface area (Å²) in [4.78, 5) is 13.4. The van der Waals surface area contributed by atoms with Crippen molar-refractivity contribution >= 4 is 34.1 Å². The van der Waals surface area contributed by atoms with Crippen molar-refractivity contribution in [1.82, 2.24) is 25.3 Å². The van der Waals surface area contributed by atoms with E-state index < -0.39 is 24.5 Å². The van der Waals surface area contributed by atoms with Crippen LogP contribution in [0.5, 0.6) is 0 Å². The van der Waals surface area contributed by atoms with Crippen LogP contribution in [0.2, 0.25) is 0 Å². The van der Waals surface area contributed by atoms with Gasteiger partial charge in [-0.2, -0.15) is 0 Å². The molecule has 0 bridgehead atoms. The number of likely N-dealkylation sites (tertiary alicyclic amines) is 1. The summed E-state index contributed by atoms with van der Waals surface area (Å²) < 4.78 is 27.6. The second kappa shape index (κ2) is 6.99. The lowest BCUT2D eigenvalue weighted by molar-refractivity contribution is -0.0674. The molecule has 3 N–H and O–H groups in total. The average Bonchev–Trinajstić information content (AvgIpc) is 3.09. The number of rotatable bonds is 2. The number of nitrogens with one attached hydrogen (secondary N) is 1. The standard InChI is InChI=1S/C17H17F2N7OS/c1-9-22-25-15(28-9)10-2-3-12-11(6-10)7-14(24-23-12)21-16(27)26-5-4-13(20)17(18,19)8-26/h2-3,6-7,13H,4-5,8,20H2,1H3,(H,21,24,27).